The first-order chi connectivity index (χ1) is 13.0. The van der Waals surface area contributed by atoms with Gasteiger partial charge in [-0.05, 0) is 45.8 Å². The molecular weight excluding hydrogens is 364 g/mol. The van der Waals surface area contributed by atoms with Gasteiger partial charge in [0.25, 0.3) is 0 Å². The number of hydrogen-bond acceptors (Lipinski definition) is 6. The highest BCUT2D eigenvalue weighted by Crippen LogP contribution is 2.28. The molecule has 1 saturated carbocycles. The Morgan fingerprint density at radius 2 is 1.81 bits per heavy atom. The van der Waals surface area contributed by atoms with Crippen molar-refractivity contribution in [2.24, 2.45) is 0 Å². The van der Waals surface area contributed by atoms with Crippen LogP contribution in [0.1, 0.15) is 51.0 Å². The predicted octanol–water partition coefficient (Wildman–Crippen LogP) is 3.15. The molecule has 0 unspecified atom stereocenters. The number of halogens is 1. The number of nitrogen functional groups attached to an aromatic ring is 1. The van der Waals surface area contributed by atoms with Crippen LogP contribution in [0.4, 0.5) is 5.95 Å². The van der Waals surface area contributed by atoms with Gasteiger partial charge in [0.05, 0.1) is 35.3 Å². The molecule has 0 spiro atoms. The van der Waals surface area contributed by atoms with Gasteiger partial charge in [0.2, 0.25) is 5.95 Å². The minimum atomic E-state index is 0.0359. The summed E-state index contributed by atoms with van der Waals surface area (Å²) in [6, 6.07) is 0.443. The fourth-order valence-corrected chi connectivity index (χ4v) is 3.78. The predicted molar refractivity (Wildman–Crippen MR) is 108 cm³/mol. The highest BCUT2D eigenvalue weighted by molar-refractivity contribution is 6.32. The molecule has 1 aliphatic carbocycles. The fourth-order valence-electron chi connectivity index (χ4n) is 3.58. The van der Waals surface area contributed by atoms with Crippen LogP contribution < -0.4 is 5.73 Å². The molecule has 148 valence electrons. The summed E-state index contributed by atoms with van der Waals surface area (Å²) in [5.41, 5.74) is 7.13. The van der Waals surface area contributed by atoms with Gasteiger partial charge in [-0.3, -0.25) is 4.68 Å². The molecule has 3 heterocycles. The molecule has 2 aromatic heterocycles. The van der Waals surface area contributed by atoms with Crippen molar-refractivity contribution in [1.29, 1.82) is 0 Å². The lowest BCUT2D eigenvalue weighted by atomic mass is 9.98. The summed E-state index contributed by atoms with van der Waals surface area (Å²) < 4.78 is 2.01. The van der Waals surface area contributed by atoms with Crippen molar-refractivity contribution >= 4 is 17.5 Å². The number of rotatable bonds is 2. The van der Waals surface area contributed by atoms with Crippen LogP contribution in [0.5, 0.6) is 0 Å². The SMILES string of the molecule is CN1CCC(n2cc(-c3nc(N)ncc3Cl)cn2)CC1.OC1CCCCC1. The summed E-state index contributed by atoms with van der Waals surface area (Å²) in [5.74, 6) is 0.219. The first kappa shape index (κ1) is 20.0. The third kappa shape index (κ3) is 5.64. The standard InChI is InChI=1S/C13H17ClN6.C6H12O/c1-19-4-2-10(3-5-19)20-8-9(6-17-20)12-11(14)7-16-13(15)18-12;7-6-4-2-1-3-5-6/h6-8,10H,2-5H2,1H3,(H2,15,16,18);6-7H,1-5H2. The highest BCUT2D eigenvalue weighted by Gasteiger charge is 2.19. The van der Waals surface area contributed by atoms with Crippen LogP contribution in [0, 0.1) is 0 Å². The first-order valence-electron chi connectivity index (χ1n) is 9.72. The van der Waals surface area contributed by atoms with E-state index in [2.05, 4.69) is 27.0 Å². The van der Waals surface area contributed by atoms with Crippen molar-refractivity contribution < 1.29 is 5.11 Å². The second kappa shape index (κ2) is 9.48. The van der Waals surface area contributed by atoms with E-state index in [0.29, 0.717) is 16.8 Å². The normalized spacial score (nSPS) is 19.5. The van der Waals surface area contributed by atoms with Crippen LogP contribution in [0.15, 0.2) is 18.6 Å². The Bertz CT molecular complexity index is 723. The average Bonchev–Trinajstić information content (AvgIpc) is 3.15. The largest absolute Gasteiger partial charge is 0.393 e. The van der Waals surface area contributed by atoms with Crippen molar-refractivity contribution in [3.05, 3.63) is 23.6 Å². The van der Waals surface area contributed by atoms with E-state index in [4.69, 9.17) is 22.4 Å². The van der Waals surface area contributed by atoms with Gasteiger partial charge in [-0.15, -0.1) is 0 Å². The van der Waals surface area contributed by atoms with E-state index in [-0.39, 0.29) is 12.1 Å². The molecule has 0 radical (unpaired) electrons. The number of nitrogens with two attached hydrogens (primary N) is 1. The number of anilines is 1. The number of hydrogen-bond donors (Lipinski definition) is 2. The van der Waals surface area contributed by atoms with E-state index >= 15 is 0 Å². The Labute approximate surface area is 165 Å². The van der Waals surface area contributed by atoms with Gasteiger partial charge < -0.3 is 15.7 Å². The summed E-state index contributed by atoms with van der Waals surface area (Å²) in [4.78, 5) is 10.4. The van der Waals surface area contributed by atoms with E-state index in [9.17, 15) is 0 Å². The molecule has 1 aliphatic heterocycles. The zero-order valence-corrected chi connectivity index (χ0v) is 16.6. The summed E-state index contributed by atoms with van der Waals surface area (Å²) in [6.45, 7) is 2.20. The quantitative estimate of drug-likeness (QED) is 0.815. The Kier molecular flexibility index (Phi) is 7.04. The molecule has 2 fully saturated rings. The second-order valence-electron chi connectivity index (χ2n) is 7.46. The van der Waals surface area contributed by atoms with Crippen molar-refractivity contribution in [2.75, 3.05) is 25.9 Å². The lowest BCUT2D eigenvalue weighted by Gasteiger charge is -2.28. The maximum absolute atomic E-state index is 8.91. The Hall–Kier alpha value is -1.70. The number of aliphatic hydroxyl groups is 1. The molecule has 0 aromatic carbocycles. The topological polar surface area (TPSA) is 93.1 Å². The van der Waals surface area contributed by atoms with Gasteiger partial charge in [0.15, 0.2) is 0 Å². The Balaban J connectivity index is 0.000000253. The maximum atomic E-state index is 8.91. The molecular formula is C19H29ClN6O. The van der Waals surface area contributed by atoms with Crippen LogP contribution in [-0.4, -0.2) is 56.0 Å². The van der Waals surface area contributed by atoms with E-state index in [1.54, 1.807) is 6.20 Å². The van der Waals surface area contributed by atoms with E-state index in [1.165, 1.54) is 25.5 Å². The third-order valence-electron chi connectivity index (χ3n) is 5.27. The van der Waals surface area contributed by atoms with Crippen LogP contribution in [0.2, 0.25) is 5.02 Å². The zero-order chi connectivity index (χ0) is 19.2. The molecule has 8 heteroatoms. The first-order valence-corrected chi connectivity index (χ1v) is 10.1. The zero-order valence-electron chi connectivity index (χ0n) is 15.9. The van der Waals surface area contributed by atoms with E-state index in [1.807, 2.05) is 10.9 Å². The van der Waals surface area contributed by atoms with E-state index in [0.717, 1.165) is 44.3 Å². The van der Waals surface area contributed by atoms with Gasteiger partial charge >= 0.3 is 0 Å². The number of aromatic nitrogens is 4. The van der Waals surface area contributed by atoms with Gasteiger partial charge in [0, 0.05) is 11.8 Å². The third-order valence-corrected chi connectivity index (χ3v) is 5.55. The monoisotopic (exact) mass is 392 g/mol. The molecule has 7 nitrogen and oxygen atoms in total. The van der Waals surface area contributed by atoms with Gasteiger partial charge in [-0.25, -0.2) is 9.97 Å². The van der Waals surface area contributed by atoms with Crippen molar-refractivity contribution in [3.63, 3.8) is 0 Å². The van der Waals surface area contributed by atoms with Crippen molar-refractivity contribution in [1.82, 2.24) is 24.6 Å². The van der Waals surface area contributed by atoms with Gasteiger partial charge in [-0.1, -0.05) is 30.9 Å². The Morgan fingerprint density at radius 3 is 2.44 bits per heavy atom. The van der Waals surface area contributed by atoms with Crippen LogP contribution >= 0.6 is 11.6 Å². The molecule has 0 atom stereocenters. The lowest BCUT2D eigenvalue weighted by molar-refractivity contribution is 0.130. The number of likely N-dealkylation sites (tertiary alicyclic amines) is 1. The summed E-state index contributed by atoms with van der Waals surface area (Å²) in [7, 11) is 2.15. The number of nitrogens with zero attached hydrogens (tertiary/aromatic N) is 5. The fraction of sp³-hybridized carbons (Fsp3) is 0.632. The minimum Gasteiger partial charge on any atom is -0.393 e. The Morgan fingerprint density at radius 1 is 1.11 bits per heavy atom. The minimum absolute atomic E-state index is 0.0359. The van der Waals surface area contributed by atoms with Gasteiger partial charge in [0.1, 0.15) is 0 Å². The van der Waals surface area contributed by atoms with Crippen molar-refractivity contribution in [3.8, 4) is 11.3 Å². The molecule has 0 bridgehead atoms. The van der Waals surface area contributed by atoms with Crippen LogP contribution in [-0.2, 0) is 0 Å². The highest BCUT2D eigenvalue weighted by atomic mass is 35.5. The number of aliphatic hydroxyl groups excluding tert-OH is 1. The maximum Gasteiger partial charge on any atom is 0.220 e. The molecule has 2 aromatic rings. The molecule has 27 heavy (non-hydrogen) atoms. The average molecular weight is 393 g/mol. The van der Waals surface area contributed by atoms with Crippen LogP contribution in [0.25, 0.3) is 11.3 Å². The summed E-state index contributed by atoms with van der Waals surface area (Å²) in [6.07, 6.45) is 13.4. The molecule has 4 rings (SSSR count). The molecule has 3 N–H and O–H groups in total. The molecule has 0 amide bonds. The number of piperidine rings is 1. The summed E-state index contributed by atoms with van der Waals surface area (Å²) in [5, 5.41) is 13.8. The van der Waals surface area contributed by atoms with Gasteiger partial charge in [-0.2, -0.15) is 5.10 Å². The second-order valence-corrected chi connectivity index (χ2v) is 7.87. The summed E-state index contributed by atoms with van der Waals surface area (Å²) >= 11 is 6.12. The van der Waals surface area contributed by atoms with Crippen molar-refractivity contribution in [2.45, 2.75) is 57.1 Å². The lowest BCUT2D eigenvalue weighted by Crippen LogP contribution is -2.31. The molecule has 2 aliphatic rings. The molecule has 1 saturated heterocycles. The van der Waals surface area contributed by atoms with Crippen LogP contribution in [0.3, 0.4) is 0 Å². The van der Waals surface area contributed by atoms with E-state index < -0.39 is 0 Å². The smallest absolute Gasteiger partial charge is 0.220 e.